The molecule has 31 heavy (non-hydrogen) atoms. The molecule has 0 saturated carbocycles. The fraction of sp³-hybridized carbons (Fsp3) is 0.217. The third-order valence-corrected chi connectivity index (χ3v) is 6.04. The van der Waals surface area contributed by atoms with Crippen molar-refractivity contribution in [1.82, 2.24) is 4.90 Å². The maximum atomic E-state index is 12.9. The van der Waals surface area contributed by atoms with Crippen LogP contribution in [0.4, 0.5) is 5.69 Å². The lowest BCUT2D eigenvalue weighted by atomic mass is 10.2. The lowest BCUT2D eigenvalue weighted by Gasteiger charge is -2.23. The molecule has 6 nitrogen and oxygen atoms in total. The number of nitriles is 1. The van der Waals surface area contributed by atoms with E-state index in [9.17, 15) is 9.59 Å². The van der Waals surface area contributed by atoms with Gasteiger partial charge in [-0.1, -0.05) is 60.4 Å². The first-order valence-electron chi connectivity index (χ1n) is 9.66. The Labute approximate surface area is 191 Å². The zero-order valence-electron chi connectivity index (χ0n) is 17.0. The Morgan fingerprint density at radius 3 is 2.65 bits per heavy atom. The van der Waals surface area contributed by atoms with Gasteiger partial charge in [0.2, 0.25) is 5.91 Å². The number of hydrogen-bond donors (Lipinski definition) is 0. The Morgan fingerprint density at radius 2 is 1.94 bits per heavy atom. The molecule has 1 aliphatic rings. The van der Waals surface area contributed by atoms with E-state index in [1.54, 1.807) is 18.1 Å². The van der Waals surface area contributed by atoms with Crippen LogP contribution in [-0.4, -0.2) is 41.2 Å². The number of carbonyl (C=O) groups excluding carboxylic acids is 2. The minimum Gasteiger partial charge on any atom is -0.496 e. The van der Waals surface area contributed by atoms with E-state index in [-0.39, 0.29) is 31.2 Å². The van der Waals surface area contributed by atoms with Gasteiger partial charge in [-0.25, -0.2) is 0 Å². The quantitative estimate of drug-likeness (QED) is 0.442. The number of thioether (sulfide) groups is 1. The number of para-hydroxylation sites is 2. The standard InChI is InChI=1S/C23H21N3O3S2/c1-29-19-11-6-5-8-17(19)16-20-22(28)26(23(30)31-20)15-12-21(27)25(14-7-13-24)18-9-3-2-4-10-18/h2-6,8-11,16H,7,12,14-15H2,1H3/b20-16-. The highest BCUT2D eigenvalue weighted by molar-refractivity contribution is 8.26. The molecule has 0 N–H and O–H groups in total. The molecule has 1 saturated heterocycles. The molecule has 2 amide bonds. The van der Waals surface area contributed by atoms with Crippen LogP contribution in [0.5, 0.6) is 5.75 Å². The number of benzene rings is 2. The number of nitrogens with zero attached hydrogens (tertiary/aromatic N) is 3. The summed E-state index contributed by atoms with van der Waals surface area (Å²) in [5, 5.41) is 8.93. The number of ether oxygens (including phenoxy) is 1. The van der Waals surface area contributed by atoms with Gasteiger partial charge in [-0.05, 0) is 24.3 Å². The van der Waals surface area contributed by atoms with Crippen LogP contribution in [0.25, 0.3) is 6.08 Å². The van der Waals surface area contributed by atoms with Crippen molar-refractivity contribution in [2.45, 2.75) is 12.8 Å². The zero-order chi connectivity index (χ0) is 22.2. The molecular formula is C23H21N3O3S2. The van der Waals surface area contributed by atoms with E-state index in [0.717, 1.165) is 11.3 Å². The van der Waals surface area contributed by atoms with Gasteiger partial charge in [0.1, 0.15) is 10.1 Å². The van der Waals surface area contributed by atoms with Gasteiger partial charge >= 0.3 is 0 Å². The minimum absolute atomic E-state index is 0.106. The molecule has 1 fully saturated rings. The van der Waals surface area contributed by atoms with Crippen molar-refractivity contribution in [3.63, 3.8) is 0 Å². The summed E-state index contributed by atoms with van der Waals surface area (Å²) in [4.78, 5) is 29.3. The second-order valence-electron chi connectivity index (χ2n) is 6.61. The van der Waals surface area contributed by atoms with Gasteiger partial charge < -0.3 is 9.64 Å². The molecular weight excluding hydrogens is 430 g/mol. The number of rotatable bonds is 8. The van der Waals surface area contributed by atoms with E-state index in [4.69, 9.17) is 22.2 Å². The minimum atomic E-state index is -0.225. The van der Waals surface area contributed by atoms with Gasteiger partial charge in [-0.15, -0.1) is 0 Å². The van der Waals surface area contributed by atoms with E-state index >= 15 is 0 Å². The number of carbonyl (C=O) groups is 2. The third-order valence-electron chi connectivity index (χ3n) is 4.66. The van der Waals surface area contributed by atoms with Gasteiger partial charge in [0.15, 0.2) is 0 Å². The number of methoxy groups -OCH3 is 1. The summed E-state index contributed by atoms with van der Waals surface area (Å²) in [6.07, 6.45) is 2.08. The van der Waals surface area contributed by atoms with Crippen LogP contribution < -0.4 is 9.64 Å². The molecule has 2 aromatic rings. The smallest absolute Gasteiger partial charge is 0.266 e. The Bertz CT molecular complexity index is 1050. The summed E-state index contributed by atoms with van der Waals surface area (Å²) in [5.74, 6) is 0.278. The van der Waals surface area contributed by atoms with Crippen molar-refractivity contribution in [3.05, 3.63) is 65.1 Å². The van der Waals surface area contributed by atoms with E-state index in [1.807, 2.05) is 54.6 Å². The van der Waals surface area contributed by atoms with Crippen LogP contribution >= 0.6 is 24.0 Å². The van der Waals surface area contributed by atoms with Crippen molar-refractivity contribution in [2.75, 3.05) is 25.1 Å². The molecule has 1 aliphatic heterocycles. The molecule has 0 atom stereocenters. The van der Waals surface area contributed by atoms with Crippen LogP contribution in [0, 0.1) is 11.3 Å². The largest absolute Gasteiger partial charge is 0.496 e. The summed E-state index contributed by atoms with van der Waals surface area (Å²) in [6.45, 7) is 0.480. The number of hydrogen-bond acceptors (Lipinski definition) is 6. The molecule has 0 bridgehead atoms. The topological polar surface area (TPSA) is 73.6 Å². The predicted octanol–water partition coefficient (Wildman–Crippen LogP) is 4.23. The molecule has 0 unspecified atom stereocenters. The number of thiocarbonyl (C=S) groups is 1. The monoisotopic (exact) mass is 451 g/mol. The van der Waals surface area contributed by atoms with E-state index < -0.39 is 0 Å². The molecule has 0 radical (unpaired) electrons. The van der Waals surface area contributed by atoms with E-state index in [1.165, 1.54) is 16.7 Å². The average molecular weight is 452 g/mol. The molecule has 0 aliphatic carbocycles. The lowest BCUT2D eigenvalue weighted by molar-refractivity contribution is -0.123. The zero-order valence-corrected chi connectivity index (χ0v) is 18.6. The maximum absolute atomic E-state index is 12.9. The fourth-order valence-electron chi connectivity index (χ4n) is 3.13. The molecule has 2 aromatic carbocycles. The van der Waals surface area contributed by atoms with Gasteiger partial charge in [0.25, 0.3) is 5.91 Å². The lowest BCUT2D eigenvalue weighted by Crippen LogP contribution is -2.36. The summed E-state index contributed by atoms with van der Waals surface area (Å²) in [5.41, 5.74) is 1.51. The highest BCUT2D eigenvalue weighted by Gasteiger charge is 2.32. The van der Waals surface area contributed by atoms with Gasteiger partial charge in [0, 0.05) is 30.8 Å². The van der Waals surface area contributed by atoms with Crippen LogP contribution in [0.3, 0.4) is 0 Å². The number of anilines is 1. The van der Waals surface area contributed by atoms with E-state index in [0.29, 0.717) is 21.5 Å². The summed E-state index contributed by atoms with van der Waals surface area (Å²) in [7, 11) is 1.58. The van der Waals surface area contributed by atoms with Gasteiger partial charge in [-0.3, -0.25) is 14.5 Å². The first-order valence-corrected chi connectivity index (χ1v) is 10.9. The molecule has 1 heterocycles. The second kappa shape index (κ2) is 10.8. The highest BCUT2D eigenvalue weighted by atomic mass is 32.2. The van der Waals surface area contributed by atoms with Crippen LogP contribution in [0.1, 0.15) is 18.4 Å². The molecule has 3 rings (SSSR count). The van der Waals surface area contributed by atoms with Crippen molar-refractivity contribution in [3.8, 4) is 11.8 Å². The normalized spacial score (nSPS) is 14.6. The average Bonchev–Trinajstić information content (AvgIpc) is 3.06. The fourth-order valence-corrected chi connectivity index (χ4v) is 4.43. The van der Waals surface area contributed by atoms with Crippen molar-refractivity contribution in [2.24, 2.45) is 0 Å². The highest BCUT2D eigenvalue weighted by Crippen LogP contribution is 2.34. The van der Waals surface area contributed by atoms with E-state index in [2.05, 4.69) is 6.07 Å². The molecule has 8 heteroatoms. The summed E-state index contributed by atoms with van der Waals surface area (Å²) in [6, 6.07) is 18.7. The predicted molar refractivity (Wildman–Crippen MR) is 127 cm³/mol. The van der Waals surface area contributed by atoms with Gasteiger partial charge in [0.05, 0.1) is 24.5 Å². The molecule has 158 valence electrons. The van der Waals surface area contributed by atoms with Crippen molar-refractivity contribution < 1.29 is 14.3 Å². The second-order valence-corrected chi connectivity index (χ2v) is 8.29. The summed E-state index contributed by atoms with van der Waals surface area (Å²) >= 11 is 6.59. The van der Waals surface area contributed by atoms with Crippen LogP contribution in [-0.2, 0) is 9.59 Å². The van der Waals surface area contributed by atoms with Crippen LogP contribution in [0.2, 0.25) is 0 Å². The third kappa shape index (κ3) is 5.51. The van der Waals surface area contributed by atoms with Gasteiger partial charge in [-0.2, -0.15) is 5.26 Å². The first kappa shape index (κ1) is 22.5. The Morgan fingerprint density at radius 1 is 1.23 bits per heavy atom. The maximum Gasteiger partial charge on any atom is 0.266 e. The summed E-state index contributed by atoms with van der Waals surface area (Å²) < 4.78 is 5.76. The van der Waals surface area contributed by atoms with Crippen molar-refractivity contribution >= 4 is 51.9 Å². The van der Waals surface area contributed by atoms with Crippen molar-refractivity contribution in [1.29, 1.82) is 5.26 Å². The molecule has 0 aromatic heterocycles. The number of amides is 2. The first-order chi connectivity index (χ1) is 15.0. The Kier molecular flexibility index (Phi) is 7.82. The molecule has 0 spiro atoms. The SMILES string of the molecule is COc1ccccc1/C=C1\SC(=S)N(CCC(=O)N(CCC#N)c2ccccc2)C1=O. The van der Waals surface area contributed by atoms with Crippen LogP contribution in [0.15, 0.2) is 59.5 Å². The Balaban J connectivity index is 1.70. The Hall–Kier alpha value is -3.15.